The number of aryl methyl sites for hydroxylation is 2. The lowest BCUT2D eigenvalue weighted by atomic mass is 10.1. The van der Waals surface area contributed by atoms with Gasteiger partial charge in [-0.1, -0.05) is 15.9 Å². The number of nitrogens with one attached hydrogen (secondary N) is 2. The summed E-state index contributed by atoms with van der Waals surface area (Å²) in [7, 11) is 0. The normalized spacial score (nSPS) is 9.71. The fourth-order valence-corrected chi connectivity index (χ4v) is 2.05. The Bertz CT molecular complexity index is 342. The van der Waals surface area contributed by atoms with E-state index in [1.807, 2.05) is 26.0 Å². The Kier molecular flexibility index (Phi) is 3.86. The van der Waals surface area contributed by atoms with Gasteiger partial charge in [-0.15, -0.1) is 0 Å². The van der Waals surface area contributed by atoms with Gasteiger partial charge in [0.2, 0.25) is 0 Å². The van der Waals surface area contributed by atoms with Gasteiger partial charge in [-0.25, -0.2) is 5.84 Å². The monoisotopic (exact) mass is 273 g/mol. The summed E-state index contributed by atoms with van der Waals surface area (Å²) in [5, 5.41) is 3.45. The number of benzene rings is 1. The molecule has 1 aromatic rings. The van der Waals surface area contributed by atoms with Crippen molar-refractivity contribution in [3.8, 4) is 0 Å². The van der Waals surface area contributed by atoms with Crippen LogP contribution in [0.2, 0.25) is 0 Å². The van der Waals surface area contributed by atoms with Crippen LogP contribution < -0.4 is 16.6 Å². The Labute approximate surface area is 97.2 Å². The third-order valence-corrected chi connectivity index (χ3v) is 2.54. The fraction of sp³-hybridized carbons (Fsp3) is 0.222. The van der Waals surface area contributed by atoms with Crippen LogP contribution in [0.5, 0.6) is 0 Å². The van der Waals surface area contributed by atoms with E-state index in [1.165, 1.54) is 0 Å². The number of hydrazine groups is 1. The van der Waals surface area contributed by atoms with Crippen molar-refractivity contribution in [3.63, 3.8) is 0 Å². The molecule has 0 atom stereocenters. The summed E-state index contributed by atoms with van der Waals surface area (Å²) in [6.07, 6.45) is 0. The van der Waals surface area contributed by atoms with Crippen LogP contribution in [0.4, 0.5) is 5.69 Å². The molecule has 5 heteroatoms. The lowest BCUT2D eigenvalue weighted by molar-refractivity contribution is 1.04. The first kappa shape index (κ1) is 11.4. The van der Waals surface area contributed by atoms with E-state index in [0.717, 1.165) is 21.3 Å². The van der Waals surface area contributed by atoms with Crippen molar-refractivity contribution in [2.75, 3.05) is 5.32 Å². The summed E-state index contributed by atoms with van der Waals surface area (Å²) in [6.45, 7) is 4.03. The van der Waals surface area contributed by atoms with Crippen LogP contribution in [0.1, 0.15) is 11.1 Å². The molecule has 0 bridgehead atoms. The molecular weight excluding hydrogens is 262 g/mol. The van der Waals surface area contributed by atoms with Crippen LogP contribution in [0.3, 0.4) is 0 Å². The topological polar surface area (TPSA) is 50.1 Å². The first-order chi connectivity index (χ1) is 6.54. The third-order valence-electron chi connectivity index (χ3n) is 1.87. The minimum Gasteiger partial charge on any atom is -0.331 e. The smallest absolute Gasteiger partial charge is 0.185 e. The molecule has 0 radical (unpaired) electrons. The van der Waals surface area contributed by atoms with E-state index in [2.05, 4.69) is 26.7 Å². The van der Waals surface area contributed by atoms with Crippen LogP contribution in [0.25, 0.3) is 0 Å². The summed E-state index contributed by atoms with van der Waals surface area (Å²) >= 11 is 8.36. The molecule has 0 aromatic heterocycles. The first-order valence-corrected chi connectivity index (χ1v) is 5.29. The number of hydrogen-bond donors (Lipinski definition) is 3. The van der Waals surface area contributed by atoms with Gasteiger partial charge in [0, 0.05) is 10.2 Å². The number of nitrogens with two attached hydrogens (primary N) is 1. The SMILES string of the molecule is Cc1cc(Br)cc(C)c1NC(=S)NN. The van der Waals surface area contributed by atoms with Crippen molar-refractivity contribution in [1.29, 1.82) is 0 Å². The Hall–Kier alpha value is -0.650. The van der Waals surface area contributed by atoms with Gasteiger partial charge in [0.1, 0.15) is 0 Å². The molecule has 0 unspecified atom stereocenters. The van der Waals surface area contributed by atoms with Crippen molar-refractivity contribution >= 4 is 38.9 Å². The van der Waals surface area contributed by atoms with Gasteiger partial charge in [0.05, 0.1) is 0 Å². The average Bonchev–Trinajstić information content (AvgIpc) is 2.10. The standard InChI is InChI=1S/C9H12BrN3S/c1-5-3-7(10)4-6(2)8(5)12-9(14)13-11/h3-4H,11H2,1-2H3,(H2,12,13,14). The zero-order chi connectivity index (χ0) is 10.7. The molecule has 0 saturated heterocycles. The highest BCUT2D eigenvalue weighted by molar-refractivity contribution is 9.10. The maximum Gasteiger partial charge on any atom is 0.185 e. The van der Waals surface area contributed by atoms with E-state index in [9.17, 15) is 0 Å². The Morgan fingerprint density at radius 3 is 2.29 bits per heavy atom. The molecule has 0 heterocycles. The van der Waals surface area contributed by atoms with Crippen molar-refractivity contribution < 1.29 is 0 Å². The molecule has 0 saturated carbocycles. The highest BCUT2D eigenvalue weighted by Gasteiger charge is 2.04. The third kappa shape index (κ3) is 2.67. The zero-order valence-corrected chi connectivity index (χ0v) is 10.4. The van der Waals surface area contributed by atoms with E-state index in [1.54, 1.807) is 0 Å². The summed E-state index contributed by atoms with van der Waals surface area (Å²) in [6, 6.07) is 4.04. The summed E-state index contributed by atoms with van der Waals surface area (Å²) in [5.74, 6) is 5.19. The van der Waals surface area contributed by atoms with Gasteiger partial charge >= 0.3 is 0 Å². The van der Waals surface area contributed by atoms with Gasteiger partial charge in [0.15, 0.2) is 5.11 Å². The second kappa shape index (κ2) is 4.72. The Morgan fingerprint density at radius 1 is 1.36 bits per heavy atom. The maximum atomic E-state index is 5.19. The van der Waals surface area contributed by atoms with E-state index in [4.69, 9.17) is 18.1 Å². The van der Waals surface area contributed by atoms with E-state index in [-0.39, 0.29) is 0 Å². The lowest BCUT2D eigenvalue weighted by Crippen LogP contribution is -2.34. The molecule has 4 N–H and O–H groups in total. The van der Waals surface area contributed by atoms with Crippen molar-refractivity contribution in [1.82, 2.24) is 5.43 Å². The summed E-state index contributed by atoms with van der Waals surface area (Å²) in [5.41, 5.74) is 5.63. The van der Waals surface area contributed by atoms with Crippen molar-refractivity contribution in [2.45, 2.75) is 13.8 Å². The van der Waals surface area contributed by atoms with Gasteiger partial charge in [-0.3, -0.25) is 0 Å². The Balaban J connectivity index is 3.02. The largest absolute Gasteiger partial charge is 0.331 e. The highest BCUT2D eigenvalue weighted by Crippen LogP contribution is 2.24. The van der Waals surface area contributed by atoms with Crippen molar-refractivity contribution in [2.24, 2.45) is 5.84 Å². The van der Waals surface area contributed by atoms with Crippen LogP contribution >= 0.6 is 28.1 Å². The first-order valence-electron chi connectivity index (χ1n) is 4.09. The fourth-order valence-electron chi connectivity index (χ4n) is 1.26. The zero-order valence-electron chi connectivity index (χ0n) is 8.02. The summed E-state index contributed by atoms with van der Waals surface area (Å²) in [4.78, 5) is 0. The number of anilines is 1. The molecule has 0 amide bonds. The van der Waals surface area contributed by atoms with Crippen LogP contribution in [0.15, 0.2) is 16.6 Å². The van der Waals surface area contributed by atoms with Gasteiger partial charge < -0.3 is 10.7 Å². The molecule has 76 valence electrons. The minimum atomic E-state index is 0.415. The molecule has 0 aliphatic heterocycles. The molecule has 1 rings (SSSR count). The number of rotatable bonds is 1. The Morgan fingerprint density at radius 2 is 1.86 bits per heavy atom. The lowest BCUT2D eigenvalue weighted by Gasteiger charge is -2.13. The predicted molar refractivity (Wildman–Crippen MR) is 67.2 cm³/mol. The van der Waals surface area contributed by atoms with Crippen LogP contribution in [-0.2, 0) is 0 Å². The second-order valence-corrected chi connectivity index (χ2v) is 4.34. The van der Waals surface area contributed by atoms with E-state index in [0.29, 0.717) is 5.11 Å². The molecule has 14 heavy (non-hydrogen) atoms. The molecule has 1 aromatic carbocycles. The highest BCUT2D eigenvalue weighted by atomic mass is 79.9. The van der Waals surface area contributed by atoms with E-state index < -0.39 is 0 Å². The van der Waals surface area contributed by atoms with Gasteiger partial charge in [-0.2, -0.15) is 0 Å². The molecule has 3 nitrogen and oxygen atoms in total. The van der Waals surface area contributed by atoms with Crippen LogP contribution in [-0.4, -0.2) is 5.11 Å². The molecular formula is C9H12BrN3S. The quantitative estimate of drug-likeness (QED) is 0.417. The number of halogens is 1. The second-order valence-electron chi connectivity index (χ2n) is 3.01. The molecule has 0 fully saturated rings. The van der Waals surface area contributed by atoms with E-state index >= 15 is 0 Å². The van der Waals surface area contributed by atoms with Gasteiger partial charge in [0.25, 0.3) is 0 Å². The number of thiocarbonyl (C=S) groups is 1. The molecule has 0 aliphatic rings. The number of hydrogen-bond acceptors (Lipinski definition) is 2. The average molecular weight is 274 g/mol. The van der Waals surface area contributed by atoms with Crippen molar-refractivity contribution in [3.05, 3.63) is 27.7 Å². The maximum absolute atomic E-state index is 5.19. The molecule has 0 aliphatic carbocycles. The van der Waals surface area contributed by atoms with Crippen LogP contribution in [0, 0.1) is 13.8 Å². The molecule has 0 spiro atoms. The summed E-state index contributed by atoms with van der Waals surface area (Å²) < 4.78 is 1.06. The minimum absolute atomic E-state index is 0.415. The van der Waals surface area contributed by atoms with Gasteiger partial charge in [-0.05, 0) is 49.3 Å². The predicted octanol–water partition coefficient (Wildman–Crippen LogP) is 2.23.